The molecule has 1 aliphatic heterocycles. The van der Waals surface area contributed by atoms with Gasteiger partial charge in [-0.1, -0.05) is 0 Å². The van der Waals surface area contributed by atoms with E-state index < -0.39 is 22.9 Å². The fourth-order valence-electron chi connectivity index (χ4n) is 1.74. The fraction of sp³-hybridized carbons (Fsp3) is 0.400. The van der Waals surface area contributed by atoms with Gasteiger partial charge in [-0.25, -0.2) is 0 Å². The second kappa shape index (κ2) is 4.89. The Morgan fingerprint density at radius 2 is 2.05 bits per heavy atom. The number of anilines is 2. The van der Waals surface area contributed by atoms with E-state index in [0.29, 0.717) is 0 Å². The third-order valence-corrected chi connectivity index (χ3v) is 3.56. The zero-order chi connectivity index (χ0) is 14.1. The van der Waals surface area contributed by atoms with E-state index >= 15 is 0 Å². The molecule has 0 bridgehead atoms. The minimum atomic E-state index is -4.59. The van der Waals surface area contributed by atoms with Gasteiger partial charge in [-0.15, -0.1) is 0 Å². The molecule has 19 heavy (non-hydrogen) atoms. The molecule has 0 amide bonds. The van der Waals surface area contributed by atoms with E-state index in [-0.39, 0.29) is 5.69 Å². The number of benzene rings is 1. The van der Waals surface area contributed by atoms with E-state index in [2.05, 4.69) is 10.0 Å². The van der Waals surface area contributed by atoms with Crippen LogP contribution in [0.25, 0.3) is 0 Å². The highest BCUT2D eigenvalue weighted by Gasteiger charge is 2.29. The largest absolute Gasteiger partial charge is 0.402 e. The van der Waals surface area contributed by atoms with E-state index in [1.165, 1.54) is 10.8 Å². The van der Waals surface area contributed by atoms with Crippen LogP contribution >= 0.6 is 0 Å². The number of nitrogens with one attached hydrogen (secondary N) is 3. The molecule has 0 saturated heterocycles. The van der Waals surface area contributed by atoms with Gasteiger partial charge < -0.3 is 5.32 Å². The molecule has 1 heterocycles. The summed E-state index contributed by atoms with van der Waals surface area (Å²) in [5.74, 6) is 0. The van der Waals surface area contributed by atoms with E-state index in [1.54, 1.807) is 12.1 Å². The van der Waals surface area contributed by atoms with Crippen molar-refractivity contribution < 1.29 is 21.6 Å². The Kier molecular flexibility index (Phi) is 3.59. The standard InChI is InChI=1S/C10H12F3N3O2S/c11-10(12,13)6-15-19(17,18)16-8-1-2-9-7(5-8)3-4-14-9/h1-2,5,14-16H,3-4,6H2. The van der Waals surface area contributed by atoms with Crippen LogP contribution in [0, 0.1) is 0 Å². The normalized spacial score (nSPS) is 14.9. The summed E-state index contributed by atoms with van der Waals surface area (Å²) in [4.78, 5) is 0. The first-order valence-electron chi connectivity index (χ1n) is 5.46. The molecule has 0 atom stereocenters. The highest BCUT2D eigenvalue weighted by Crippen LogP contribution is 2.25. The van der Waals surface area contributed by atoms with Crippen molar-refractivity contribution in [3.05, 3.63) is 23.8 Å². The fourth-order valence-corrected chi connectivity index (χ4v) is 2.60. The van der Waals surface area contributed by atoms with Crippen molar-refractivity contribution in [2.75, 3.05) is 23.1 Å². The van der Waals surface area contributed by atoms with Crippen LogP contribution in [0.2, 0.25) is 0 Å². The maximum absolute atomic E-state index is 11.9. The summed E-state index contributed by atoms with van der Waals surface area (Å²) in [7, 11) is -4.23. The topological polar surface area (TPSA) is 70.2 Å². The van der Waals surface area contributed by atoms with Crippen LogP contribution in [-0.4, -0.2) is 27.7 Å². The van der Waals surface area contributed by atoms with Crippen molar-refractivity contribution in [2.45, 2.75) is 12.6 Å². The SMILES string of the molecule is O=S(=O)(NCC(F)(F)F)Nc1ccc2c(c1)CCN2. The molecular formula is C10H12F3N3O2S. The van der Waals surface area contributed by atoms with E-state index in [0.717, 1.165) is 24.2 Å². The predicted octanol–water partition coefficient (Wildman–Crippen LogP) is 1.46. The molecule has 0 aromatic heterocycles. The Hall–Kier alpha value is -1.48. The summed E-state index contributed by atoms with van der Waals surface area (Å²) < 4.78 is 62.1. The highest BCUT2D eigenvalue weighted by atomic mass is 32.2. The van der Waals surface area contributed by atoms with Gasteiger partial charge in [0.15, 0.2) is 0 Å². The molecule has 3 N–H and O–H groups in total. The first kappa shape index (κ1) is 13.9. The summed E-state index contributed by atoms with van der Waals surface area (Å²) in [5.41, 5.74) is 2.07. The number of alkyl halides is 3. The zero-order valence-electron chi connectivity index (χ0n) is 9.71. The molecule has 9 heteroatoms. The first-order chi connectivity index (χ1) is 8.75. The van der Waals surface area contributed by atoms with E-state index in [4.69, 9.17) is 0 Å². The molecule has 1 aliphatic rings. The molecule has 106 valence electrons. The Labute approximate surface area is 108 Å². The van der Waals surface area contributed by atoms with Crippen LogP contribution in [0.3, 0.4) is 0 Å². The minimum absolute atomic E-state index is 0.233. The van der Waals surface area contributed by atoms with Crippen molar-refractivity contribution >= 4 is 21.6 Å². The third kappa shape index (κ3) is 4.00. The number of halogens is 3. The van der Waals surface area contributed by atoms with Crippen molar-refractivity contribution in [3.8, 4) is 0 Å². The molecule has 0 saturated carbocycles. The molecule has 0 spiro atoms. The molecule has 0 unspecified atom stereocenters. The van der Waals surface area contributed by atoms with Crippen LogP contribution in [0.1, 0.15) is 5.56 Å². The average Bonchev–Trinajstić information content (AvgIpc) is 2.72. The lowest BCUT2D eigenvalue weighted by molar-refractivity contribution is -0.121. The molecule has 0 radical (unpaired) electrons. The van der Waals surface area contributed by atoms with Gasteiger partial charge >= 0.3 is 6.18 Å². The molecule has 0 fully saturated rings. The van der Waals surface area contributed by atoms with Crippen molar-refractivity contribution in [1.29, 1.82) is 0 Å². The Bertz CT molecular complexity index is 572. The second-order valence-corrected chi connectivity index (χ2v) is 5.59. The molecule has 0 aliphatic carbocycles. The van der Waals surface area contributed by atoms with Crippen LogP contribution < -0.4 is 14.8 Å². The van der Waals surface area contributed by atoms with E-state index in [1.807, 2.05) is 0 Å². The monoisotopic (exact) mass is 295 g/mol. The summed E-state index contributed by atoms with van der Waals surface area (Å²) in [6, 6.07) is 4.77. The lowest BCUT2D eigenvalue weighted by Gasteiger charge is -2.11. The van der Waals surface area contributed by atoms with Crippen LogP contribution in [0.4, 0.5) is 24.5 Å². The van der Waals surface area contributed by atoms with Gasteiger partial charge in [0.05, 0.1) is 5.69 Å². The summed E-state index contributed by atoms with van der Waals surface area (Å²) in [6.45, 7) is -0.841. The van der Waals surface area contributed by atoms with Crippen LogP contribution in [0.5, 0.6) is 0 Å². The molecule has 2 rings (SSSR count). The number of rotatable bonds is 4. The van der Waals surface area contributed by atoms with Gasteiger partial charge in [0.1, 0.15) is 6.54 Å². The summed E-state index contributed by atoms with van der Waals surface area (Å²) >= 11 is 0. The summed E-state index contributed by atoms with van der Waals surface area (Å²) in [6.07, 6.45) is -3.84. The van der Waals surface area contributed by atoms with Crippen molar-refractivity contribution in [2.24, 2.45) is 0 Å². The quantitative estimate of drug-likeness (QED) is 0.787. The Morgan fingerprint density at radius 1 is 1.32 bits per heavy atom. The smallest absolute Gasteiger partial charge is 0.384 e. The molecule has 1 aromatic carbocycles. The lowest BCUT2D eigenvalue weighted by Crippen LogP contribution is -2.37. The highest BCUT2D eigenvalue weighted by molar-refractivity contribution is 7.90. The Balaban J connectivity index is 2.04. The Morgan fingerprint density at radius 3 is 2.74 bits per heavy atom. The van der Waals surface area contributed by atoms with Gasteiger partial charge in [0, 0.05) is 12.2 Å². The number of hydrogen-bond donors (Lipinski definition) is 3. The number of hydrogen-bond acceptors (Lipinski definition) is 3. The van der Waals surface area contributed by atoms with Gasteiger partial charge in [0.25, 0.3) is 10.2 Å². The second-order valence-electron chi connectivity index (χ2n) is 4.09. The van der Waals surface area contributed by atoms with Gasteiger partial charge in [0.2, 0.25) is 0 Å². The van der Waals surface area contributed by atoms with Gasteiger partial charge in [-0.3, -0.25) is 4.72 Å². The van der Waals surface area contributed by atoms with Crippen molar-refractivity contribution in [1.82, 2.24) is 4.72 Å². The maximum Gasteiger partial charge on any atom is 0.402 e. The maximum atomic E-state index is 11.9. The van der Waals surface area contributed by atoms with Crippen LogP contribution in [0.15, 0.2) is 18.2 Å². The molecule has 1 aromatic rings. The summed E-state index contributed by atoms with van der Waals surface area (Å²) in [5, 5.41) is 3.09. The molecular weight excluding hydrogens is 283 g/mol. The third-order valence-electron chi connectivity index (χ3n) is 2.53. The first-order valence-corrected chi connectivity index (χ1v) is 6.94. The van der Waals surface area contributed by atoms with Gasteiger partial charge in [-0.05, 0) is 30.2 Å². The predicted molar refractivity (Wildman–Crippen MR) is 65.2 cm³/mol. The van der Waals surface area contributed by atoms with E-state index in [9.17, 15) is 21.6 Å². The average molecular weight is 295 g/mol. The van der Waals surface area contributed by atoms with Crippen molar-refractivity contribution in [3.63, 3.8) is 0 Å². The number of fused-ring (bicyclic) bond motifs is 1. The zero-order valence-corrected chi connectivity index (χ0v) is 10.5. The van der Waals surface area contributed by atoms with Crippen LogP contribution in [-0.2, 0) is 16.6 Å². The minimum Gasteiger partial charge on any atom is -0.384 e. The van der Waals surface area contributed by atoms with Gasteiger partial charge in [-0.2, -0.15) is 26.3 Å². The lowest BCUT2D eigenvalue weighted by atomic mass is 10.1. The molecule has 5 nitrogen and oxygen atoms in total.